The number of nitrogens with one attached hydrogen (secondary N) is 2. The van der Waals surface area contributed by atoms with Crippen molar-refractivity contribution >= 4 is 17.9 Å². The Balaban J connectivity index is 1.81. The first kappa shape index (κ1) is 17.6. The van der Waals surface area contributed by atoms with Crippen molar-refractivity contribution in [2.75, 3.05) is 13.7 Å². The van der Waals surface area contributed by atoms with Crippen LogP contribution in [0.25, 0.3) is 5.57 Å². The molecule has 1 aliphatic rings. The first-order valence-electron chi connectivity index (χ1n) is 8.31. The average Bonchev–Trinajstić information content (AvgIpc) is 3.21. The Bertz CT molecular complexity index is 816. The van der Waals surface area contributed by atoms with Crippen LogP contribution in [0.5, 0.6) is 11.5 Å². The summed E-state index contributed by atoms with van der Waals surface area (Å²) in [4.78, 5) is 16.1. The maximum absolute atomic E-state index is 11.8. The number of rotatable bonds is 6. The van der Waals surface area contributed by atoms with Gasteiger partial charge in [-0.2, -0.15) is 5.21 Å². The zero-order valence-electron chi connectivity index (χ0n) is 14.6. The molecule has 1 amide bonds. The normalized spacial score (nSPS) is 16.1. The Hall–Kier alpha value is -3.23. The number of allylic oxidation sites excluding steroid dienone is 1. The minimum absolute atomic E-state index is 0.0871. The molecule has 2 heterocycles. The number of ether oxygens (including phenoxy) is 2. The fourth-order valence-electron chi connectivity index (χ4n) is 2.61. The zero-order chi connectivity index (χ0) is 18.4. The summed E-state index contributed by atoms with van der Waals surface area (Å²) in [5.74, 6) is 1.59. The lowest BCUT2D eigenvalue weighted by Crippen LogP contribution is -2.27. The van der Waals surface area contributed by atoms with Crippen molar-refractivity contribution in [2.45, 2.75) is 25.7 Å². The summed E-state index contributed by atoms with van der Waals surface area (Å²) in [5.41, 5.74) is 1.73. The van der Waals surface area contributed by atoms with Crippen molar-refractivity contribution in [3.05, 3.63) is 35.8 Å². The summed E-state index contributed by atoms with van der Waals surface area (Å²) in [6, 6.07) is 5.22. The molecule has 2 N–H and O–H groups in total. The number of aliphatic imine (C=N–C) groups is 1. The number of benzene rings is 1. The highest BCUT2D eigenvalue weighted by atomic mass is 16.6. The van der Waals surface area contributed by atoms with Crippen LogP contribution in [0.15, 0.2) is 29.4 Å². The smallest absolute Gasteiger partial charge is 0.412 e. The van der Waals surface area contributed by atoms with Gasteiger partial charge in [0.25, 0.3) is 0 Å². The van der Waals surface area contributed by atoms with Gasteiger partial charge in [-0.05, 0) is 36.6 Å². The average molecular weight is 356 g/mol. The van der Waals surface area contributed by atoms with Crippen molar-refractivity contribution in [1.82, 2.24) is 25.9 Å². The third-order valence-electron chi connectivity index (χ3n) is 3.88. The van der Waals surface area contributed by atoms with E-state index in [0.29, 0.717) is 30.3 Å². The van der Waals surface area contributed by atoms with Gasteiger partial charge in [-0.15, -0.1) is 10.2 Å². The summed E-state index contributed by atoms with van der Waals surface area (Å²) in [6.45, 7) is 2.54. The van der Waals surface area contributed by atoms with Gasteiger partial charge < -0.3 is 14.8 Å². The number of hydrogen-bond acceptors (Lipinski definition) is 7. The Labute approximate surface area is 150 Å². The van der Waals surface area contributed by atoms with E-state index in [1.165, 1.54) is 0 Å². The van der Waals surface area contributed by atoms with E-state index in [-0.39, 0.29) is 5.92 Å². The number of H-pyrrole nitrogens is 1. The Morgan fingerprint density at radius 2 is 2.31 bits per heavy atom. The Morgan fingerprint density at radius 1 is 1.42 bits per heavy atom. The highest BCUT2D eigenvalue weighted by Crippen LogP contribution is 2.36. The zero-order valence-corrected chi connectivity index (χ0v) is 14.6. The number of amides is 1. The second-order valence-corrected chi connectivity index (χ2v) is 5.71. The predicted molar refractivity (Wildman–Crippen MR) is 95.3 cm³/mol. The van der Waals surface area contributed by atoms with Crippen molar-refractivity contribution in [3.8, 4) is 11.5 Å². The minimum Gasteiger partial charge on any atom is -0.496 e. The van der Waals surface area contributed by atoms with Crippen LogP contribution >= 0.6 is 0 Å². The SMILES string of the molecule is CCCNC(=O)Oc1ccc(OC)c(C2=CN=CC(c3nn[nH]n3)C2)c1. The molecule has 1 unspecified atom stereocenters. The van der Waals surface area contributed by atoms with Gasteiger partial charge in [0, 0.05) is 24.5 Å². The molecule has 0 radical (unpaired) electrons. The second-order valence-electron chi connectivity index (χ2n) is 5.71. The molecule has 9 heteroatoms. The van der Waals surface area contributed by atoms with Gasteiger partial charge in [-0.1, -0.05) is 12.1 Å². The molecule has 1 atom stereocenters. The van der Waals surface area contributed by atoms with E-state index in [0.717, 1.165) is 17.6 Å². The van der Waals surface area contributed by atoms with Gasteiger partial charge in [0.15, 0.2) is 5.82 Å². The lowest BCUT2D eigenvalue weighted by Gasteiger charge is -2.18. The molecule has 0 saturated heterocycles. The van der Waals surface area contributed by atoms with E-state index in [1.807, 2.05) is 6.92 Å². The number of tetrazole rings is 1. The number of methoxy groups -OCH3 is 1. The van der Waals surface area contributed by atoms with Gasteiger partial charge in [-0.3, -0.25) is 4.99 Å². The van der Waals surface area contributed by atoms with Crippen molar-refractivity contribution < 1.29 is 14.3 Å². The van der Waals surface area contributed by atoms with Gasteiger partial charge in [0.1, 0.15) is 11.5 Å². The van der Waals surface area contributed by atoms with Gasteiger partial charge in [0.05, 0.1) is 13.0 Å². The standard InChI is InChI=1S/C17H20N6O3/c1-3-6-19-17(24)26-13-4-5-15(25-2)14(8-13)11-7-12(10-18-9-11)16-20-22-23-21-16/h4-5,8-10,12H,3,6-7H2,1-2H3,(H,19,24)(H,20,21,22,23). The maximum atomic E-state index is 11.8. The van der Waals surface area contributed by atoms with Crippen molar-refractivity contribution in [3.63, 3.8) is 0 Å². The molecule has 3 rings (SSSR count). The number of nitrogens with zero attached hydrogens (tertiary/aromatic N) is 4. The maximum Gasteiger partial charge on any atom is 0.412 e. The van der Waals surface area contributed by atoms with Gasteiger partial charge >= 0.3 is 6.09 Å². The van der Waals surface area contributed by atoms with E-state index >= 15 is 0 Å². The molecule has 0 spiro atoms. The number of hydrogen-bond donors (Lipinski definition) is 2. The Morgan fingerprint density at radius 3 is 3.04 bits per heavy atom. The predicted octanol–water partition coefficient (Wildman–Crippen LogP) is 2.31. The molecule has 2 aromatic rings. The van der Waals surface area contributed by atoms with Crippen LogP contribution in [0, 0.1) is 0 Å². The van der Waals surface area contributed by atoms with Crippen LogP contribution in [0.4, 0.5) is 4.79 Å². The van der Waals surface area contributed by atoms with E-state index < -0.39 is 6.09 Å². The molecular formula is C17H20N6O3. The van der Waals surface area contributed by atoms with Crippen LogP contribution in [0.3, 0.4) is 0 Å². The van der Waals surface area contributed by atoms with E-state index in [4.69, 9.17) is 9.47 Å². The fourth-order valence-corrected chi connectivity index (χ4v) is 2.61. The van der Waals surface area contributed by atoms with Crippen LogP contribution in [0.1, 0.15) is 37.1 Å². The number of carbonyl (C=O) groups excluding carboxylic acids is 1. The highest BCUT2D eigenvalue weighted by molar-refractivity contribution is 5.81. The number of aromatic nitrogens is 4. The molecule has 1 aromatic carbocycles. The van der Waals surface area contributed by atoms with E-state index in [2.05, 4.69) is 30.9 Å². The monoisotopic (exact) mass is 356 g/mol. The third-order valence-corrected chi connectivity index (χ3v) is 3.88. The third kappa shape index (κ3) is 4.05. The summed E-state index contributed by atoms with van der Waals surface area (Å²) in [6.07, 6.45) is 4.52. The summed E-state index contributed by atoms with van der Waals surface area (Å²) in [7, 11) is 1.59. The van der Waals surface area contributed by atoms with Crippen LogP contribution in [0.2, 0.25) is 0 Å². The first-order chi connectivity index (χ1) is 12.7. The van der Waals surface area contributed by atoms with Crippen molar-refractivity contribution in [2.24, 2.45) is 4.99 Å². The molecule has 0 saturated carbocycles. The number of carbonyl (C=O) groups is 1. The van der Waals surface area contributed by atoms with Crippen LogP contribution in [-0.2, 0) is 0 Å². The van der Waals surface area contributed by atoms with Gasteiger partial charge in [-0.25, -0.2) is 4.79 Å². The molecule has 0 bridgehead atoms. The van der Waals surface area contributed by atoms with Crippen LogP contribution in [-0.4, -0.2) is 46.6 Å². The topological polar surface area (TPSA) is 114 Å². The first-order valence-corrected chi connectivity index (χ1v) is 8.31. The lowest BCUT2D eigenvalue weighted by molar-refractivity contribution is 0.200. The lowest BCUT2D eigenvalue weighted by atomic mass is 9.92. The summed E-state index contributed by atoms with van der Waals surface area (Å²) < 4.78 is 10.8. The molecule has 26 heavy (non-hydrogen) atoms. The molecule has 136 valence electrons. The molecule has 0 fully saturated rings. The highest BCUT2D eigenvalue weighted by Gasteiger charge is 2.22. The van der Waals surface area contributed by atoms with E-state index in [1.54, 1.807) is 37.7 Å². The quantitative estimate of drug-likeness (QED) is 0.821. The molecule has 9 nitrogen and oxygen atoms in total. The molecular weight excluding hydrogens is 336 g/mol. The van der Waals surface area contributed by atoms with E-state index in [9.17, 15) is 4.79 Å². The van der Waals surface area contributed by atoms with Crippen molar-refractivity contribution in [1.29, 1.82) is 0 Å². The molecule has 1 aliphatic heterocycles. The number of aromatic amines is 1. The molecule has 0 aliphatic carbocycles. The fraction of sp³-hybridized carbons (Fsp3) is 0.353. The second kappa shape index (κ2) is 8.24. The Kier molecular flexibility index (Phi) is 5.57. The van der Waals surface area contributed by atoms with Crippen LogP contribution < -0.4 is 14.8 Å². The summed E-state index contributed by atoms with van der Waals surface area (Å²) in [5, 5.41) is 16.8. The summed E-state index contributed by atoms with van der Waals surface area (Å²) >= 11 is 0. The molecule has 1 aromatic heterocycles. The largest absolute Gasteiger partial charge is 0.496 e. The van der Waals surface area contributed by atoms with Gasteiger partial charge in [0.2, 0.25) is 0 Å². The minimum atomic E-state index is -0.483.